The monoisotopic (exact) mass is 485 g/mol. The summed E-state index contributed by atoms with van der Waals surface area (Å²) in [4.78, 5) is 17.6. The molecule has 3 aromatic carbocycles. The molecule has 1 aromatic heterocycles. The van der Waals surface area contributed by atoms with Crippen LogP contribution in [-0.4, -0.2) is 29.2 Å². The van der Waals surface area contributed by atoms with E-state index in [4.69, 9.17) is 14.5 Å². The molecule has 4 rings (SSSR count). The Morgan fingerprint density at radius 3 is 2.36 bits per heavy atom. The molecule has 36 heavy (non-hydrogen) atoms. The highest BCUT2D eigenvalue weighted by Crippen LogP contribution is 2.22. The van der Waals surface area contributed by atoms with E-state index in [0.29, 0.717) is 13.0 Å². The molecule has 4 aromatic rings. The minimum atomic E-state index is -0.212. The Kier molecular flexibility index (Phi) is 8.61. The Bertz CT molecular complexity index is 1260. The number of benzene rings is 3. The molecule has 6 nitrogen and oxygen atoms in total. The van der Waals surface area contributed by atoms with Gasteiger partial charge in [-0.3, -0.25) is 4.79 Å². The lowest BCUT2D eigenvalue weighted by atomic mass is 10.1. The SMILES string of the molecule is CCc1ccc(OCCCCn2c(C(C)NC(=O)Cc3ccc(OC)cc3)nc3ccccc32)cc1. The third-order valence-corrected chi connectivity index (χ3v) is 6.35. The molecule has 0 aliphatic heterocycles. The minimum absolute atomic E-state index is 0.0336. The summed E-state index contributed by atoms with van der Waals surface area (Å²) in [5.74, 6) is 2.53. The van der Waals surface area contributed by atoms with Crippen LogP contribution < -0.4 is 14.8 Å². The van der Waals surface area contributed by atoms with Gasteiger partial charge in [0, 0.05) is 6.54 Å². The molecule has 1 amide bonds. The van der Waals surface area contributed by atoms with E-state index in [1.165, 1.54) is 5.56 Å². The summed E-state index contributed by atoms with van der Waals surface area (Å²) in [6.45, 7) is 5.62. The molecule has 0 fully saturated rings. The van der Waals surface area contributed by atoms with E-state index in [9.17, 15) is 4.79 Å². The van der Waals surface area contributed by atoms with E-state index in [1.807, 2.05) is 61.5 Å². The Hall–Kier alpha value is -3.80. The number of ether oxygens (including phenoxy) is 2. The number of imidazole rings is 1. The van der Waals surface area contributed by atoms with Crippen molar-refractivity contribution in [2.75, 3.05) is 13.7 Å². The number of carbonyl (C=O) groups excluding carboxylic acids is 1. The van der Waals surface area contributed by atoms with Crippen LogP contribution in [0.5, 0.6) is 11.5 Å². The molecular weight excluding hydrogens is 450 g/mol. The number of hydrogen-bond acceptors (Lipinski definition) is 4. The van der Waals surface area contributed by atoms with Crippen molar-refractivity contribution in [1.82, 2.24) is 14.9 Å². The van der Waals surface area contributed by atoms with Crippen LogP contribution in [0.4, 0.5) is 0 Å². The zero-order chi connectivity index (χ0) is 25.3. The highest BCUT2D eigenvalue weighted by Gasteiger charge is 2.18. The highest BCUT2D eigenvalue weighted by molar-refractivity contribution is 5.79. The average Bonchev–Trinajstić information content (AvgIpc) is 3.28. The highest BCUT2D eigenvalue weighted by atomic mass is 16.5. The first-order valence-electron chi connectivity index (χ1n) is 12.7. The van der Waals surface area contributed by atoms with Gasteiger partial charge in [-0.05, 0) is 73.7 Å². The molecule has 0 aliphatic carbocycles. The first kappa shape index (κ1) is 25.3. The second-order valence-electron chi connectivity index (χ2n) is 8.98. The average molecular weight is 486 g/mol. The lowest BCUT2D eigenvalue weighted by molar-refractivity contribution is -0.121. The van der Waals surface area contributed by atoms with Crippen molar-refractivity contribution in [2.45, 2.75) is 52.1 Å². The summed E-state index contributed by atoms with van der Waals surface area (Å²) in [5.41, 5.74) is 4.28. The Balaban J connectivity index is 1.36. The number of rotatable bonds is 12. The molecule has 0 saturated carbocycles. The number of aromatic nitrogens is 2. The molecule has 0 bridgehead atoms. The summed E-state index contributed by atoms with van der Waals surface area (Å²) >= 11 is 0. The van der Waals surface area contributed by atoms with Gasteiger partial charge in [0.05, 0.1) is 37.2 Å². The fourth-order valence-electron chi connectivity index (χ4n) is 4.33. The number of amides is 1. The third kappa shape index (κ3) is 6.45. The number of methoxy groups -OCH3 is 1. The molecule has 1 unspecified atom stereocenters. The topological polar surface area (TPSA) is 65.4 Å². The van der Waals surface area contributed by atoms with Gasteiger partial charge in [0.15, 0.2) is 0 Å². The van der Waals surface area contributed by atoms with Crippen LogP contribution in [0.2, 0.25) is 0 Å². The van der Waals surface area contributed by atoms with Crippen molar-refractivity contribution in [3.63, 3.8) is 0 Å². The van der Waals surface area contributed by atoms with Crippen molar-refractivity contribution in [3.05, 3.63) is 89.7 Å². The van der Waals surface area contributed by atoms with E-state index < -0.39 is 0 Å². The van der Waals surface area contributed by atoms with Crippen molar-refractivity contribution in [1.29, 1.82) is 0 Å². The second-order valence-corrected chi connectivity index (χ2v) is 8.98. The molecule has 0 radical (unpaired) electrons. The molecule has 188 valence electrons. The van der Waals surface area contributed by atoms with E-state index in [1.54, 1.807) is 7.11 Å². The van der Waals surface area contributed by atoms with Gasteiger partial charge < -0.3 is 19.4 Å². The summed E-state index contributed by atoms with van der Waals surface area (Å²) < 4.78 is 13.3. The van der Waals surface area contributed by atoms with E-state index in [0.717, 1.165) is 59.7 Å². The number of nitrogens with zero attached hydrogens (tertiary/aromatic N) is 2. The summed E-state index contributed by atoms with van der Waals surface area (Å²) in [6, 6.07) is 23.8. The van der Waals surface area contributed by atoms with Gasteiger partial charge in [-0.2, -0.15) is 0 Å². The van der Waals surface area contributed by atoms with Gasteiger partial charge in [0.2, 0.25) is 5.91 Å². The molecule has 6 heteroatoms. The first-order valence-corrected chi connectivity index (χ1v) is 12.7. The fourth-order valence-corrected chi connectivity index (χ4v) is 4.33. The smallest absolute Gasteiger partial charge is 0.224 e. The zero-order valence-electron chi connectivity index (χ0n) is 21.4. The van der Waals surface area contributed by atoms with Gasteiger partial charge in [-0.15, -0.1) is 0 Å². The molecule has 1 N–H and O–H groups in total. The Morgan fingerprint density at radius 2 is 1.64 bits per heavy atom. The number of aryl methyl sites for hydroxylation is 2. The zero-order valence-corrected chi connectivity index (χ0v) is 21.4. The first-order chi connectivity index (χ1) is 17.6. The number of fused-ring (bicyclic) bond motifs is 1. The Labute approximate surface area is 213 Å². The van der Waals surface area contributed by atoms with Crippen LogP contribution in [0.15, 0.2) is 72.8 Å². The van der Waals surface area contributed by atoms with E-state index in [2.05, 4.69) is 35.0 Å². The second kappa shape index (κ2) is 12.2. The maximum atomic E-state index is 12.8. The molecular formula is C30H35N3O3. The number of hydrogen-bond donors (Lipinski definition) is 1. The van der Waals surface area contributed by atoms with E-state index in [-0.39, 0.29) is 11.9 Å². The maximum absolute atomic E-state index is 12.8. The third-order valence-electron chi connectivity index (χ3n) is 6.35. The maximum Gasteiger partial charge on any atom is 0.224 e. The summed E-state index contributed by atoms with van der Waals surface area (Å²) in [7, 11) is 1.63. The number of para-hydroxylation sites is 2. The van der Waals surface area contributed by atoms with Gasteiger partial charge in [-0.1, -0.05) is 43.3 Å². The summed E-state index contributed by atoms with van der Waals surface area (Å²) in [6.07, 6.45) is 3.22. The predicted molar refractivity (Wildman–Crippen MR) is 144 cm³/mol. The number of nitrogens with one attached hydrogen (secondary N) is 1. The van der Waals surface area contributed by atoms with Crippen LogP contribution >= 0.6 is 0 Å². The van der Waals surface area contributed by atoms with Crippen LogP contribution in [0.3, 0.4) is 0 Å². The fraction of sp³-hybridized carbons (Fsp3) is 0.333. The van der Waals surface area contributed by atoms with Crippen molar-refractivity contribution in [3.8, 4) is 11.5 Å². The predicted octanol–water partition coefficient (Wildman–Crippen LogP) is 5.89. The van der Waals surface area contributed by atoms with Gasteiger partial charge in [-0.25, -0.2) is 4.98 Å². The molecule has 1 atom stereocenters. The Morgan fingerprint density at radius 1 is 0.944 bits per heavy atom. The van der Waals surface area contributed by atoms with Crippen LogP contribution in [0.25, 0.3) is 11.0 Å². The summed E-state index contributed by atoms with van der Waals surface area (Å²) in [5, 5.41) is 3.13. The number of carbonyl (C=O) groups is 1. The quantitative estimate of drug-likeness (QED) is 0.254. The van der Waals surface area contributed by atoms with Gasteiger partial charge in [0.25, 0.3) is 0 Å². The van der Waals surface area contributed by atoms with E-state index >= 15 is 0 Å². The van der Waals surface area contributed by atoms with Crippen LogP contribution in [0.1, 0.15) is 49.7 Å². The van der Waals surface area contributed by atoms with Crippen molar-refractivity contribution in [2.24, 2.45) is 0 Å². The van der Waals surface area contributed by atoms with Crippen LogP contribution in [-0.2, 0) is 24.2 Å². The molecule has 1 heterocycles. The number of unbranched alkanes of at least 4 members (excludes halogenated alkanes) is 1. The van der Waals surface area contributed by atoms with Crippen molar-refractivity contribution >= 4 is 16.9 Å². The lowest BCUT2D eigenvalue weighted by Gasteiger charge is -2.17. The minimum Gasteiger partial charge on any atom is -0.497 e. The van der Waals surface area contributed by atoms with Gasteiger partial charge in [0.1, 0.15) is 17.3 Å². The normalized spacial score (nSPS) is 11.9. The molecule has 0 spiro atoms. The largest absolute Gasteiger partial charge is 0.497 e. The standard InChI is InChI=1S/C30H35N3O3/c1-4-23-11-17-26(18-12-23)36-20-8-7-19-33-28-10-6-5-9-27(28)32-30(33)22(2)31-29(34)21-24-13-15-25(35-3)16-14-24/h5-6,9-18,22H,4,7-8,19-21H2,1-3H3,(H,31,34). The van der Waals surface area contributed by atoms with Gasteiger partial charge >= 0.3 is 0 Å². The van der Waals surface area contributed by atoms with Crippen molar-refractivity contribution < 1.29 is 14.3 Å². The molecule has 0 saturated heterocycles. The molecule has 0 aliphatic rings. The lowest BCUT2D eigenvalue weighted by Crippen LogP contribution is -2.30. The van der Waals surface area contributed by atoms with Crippen LogP contribution in [0, 0.1) is 0 Å².